The molecule has 0 spiro atoms. The van der Waals surface area contributed by atoms with Crippen molar-refractivity contribution in [1.82, 2.24) is 9.62 Å². The van der Waals surface area contributed by atoms with Gasteiger partial charge in [-0.25, -0.2) is 13.1 Å². The highest BCUT2D eigenvalue weighted by atomic mass is 35.5. The lowest BCUT2D eigenvalue weighted by Crippen LogP contribution is -2.24. The highest BCUT2D eigenvalue weighted by molar-refractivity contribution is 7.89. The second kappa shape index (κ2) is 8.32. The lowest BCUT2D eigenvalue weighted by molar-refractivity contribution is 0.345. The molecule has 0 bridgehead atoms. The van der Waals surface area contributed by atoms with E-state index in [1.807, 2.05) is 31.3 Å². The number of rotatable bonds is 7. The molecule has 0 atom stereocenters. The first-order chi connectivity index (χ1) is 11.3. The quantitative estimate of drug-likeness (QED) is 0.784. The van der Waals surface area contributed by atoms with Gasteiger partial charge in [0.1, 0.15) is 4.90 Å². The minimum atomic E-state index is -3.78. The summed E-state index contributed by atoms with van der Waals surface area (Å²) in [4.78, 5) is 2.09. The SMILES string of the molecule is CCN(C)Cc1cccc(CNS(=O)(=O)c2c(Cl)cccc2Cl)c1. The molecular formula is C17H20Cl2N2O2S. The first-order valence-electron chi connectivity index (χ1n) is 7.53. The zero-order valence-electron chi connectivity index (χ0n) is 13.6. The maximum absolute atomic E-state index is 12.5. The van der Waals surface area contributed by atoms with Crippen LogP contribution in [-0.4, -0.2) is 26.9 Å². The Hall–Kier alpha value is -1.11. The molecule has 0 saturated heterocycles. The van der Waals surface area contributed by atoms with Gasteiger partial charge in [-0.3, -0.25) is 0 Å². The average Bonchev–Trinajstić information content (AvgIpc) is 2.53. The highest BCUT2D eigenvalue weighted by Crippen LogP contribution is 2.28. The van der Waals surface area contributed by atoms with E-state index >= 15 is 0 Å². The molecule has 1 N–H and O–H groups in total. The van der Waals surface area contributed by atoms with Gasteiger partial charge >= 0.3 is 0 Å². The smallest absolute Gasteiger partial charge is 0.243 e. The van der Waals surface area contributed by atoms with Crippen molar-refractivity contribution in [1.29, 1.82) is 0 Å². The lowest BCUT2D eigenvalue weighted by atomic mass is 10.1. The summed E-state index contributed by atoms with van der Waals surface area (Å²) in [5.74, 6) is 0. The molecular weight excluding hydrogens is 367 g/mol. The summed E-state index contributed by atoms with van der Waals surface area (Å²) in [5.41, 5.74) is 2.01. The Morgan fingerprint density at radius 1 is 1.04 bits per heavy atom. The summed E-state index contributed by atoms with van der Waals surface area (Å²) in [6.07, 6.45) is 0. The van der Waals surface area contributed by atoms with Crippen LogP contribution < -0.4 is 4.72 Å². The van der Waals surface area contributed by atoms with Gasteiger partial charge in [-0.05, 0) is 36.9 Å². The first-order valence-corrected chi connectivity index (χ1v) is 9.77. The highest BCUT2D eigenvalue weighted by Gasteiger charge is 2.21. The van der Waals surface area contributed by atoms with E-state index in [0.717, 1.165) is 24.2 Å². The molecule has 0 fully saturated rings. The fourth-order valence-electron chi connectivity index (χ4n) is 2.25. The Balaban J connectivity index is 2.14. The van der Waals surface area contributed by atoms with Crippen molar-refractivity contribution in [2.45, 2.75) is 24.9 Å². The third-order valence-electron chi connectivity index (χ3n) is 3.64. The fourth-order valence-corrected chi connectivity index (χ4v) is 4.41. The van der Waals surface area contributed by atoms with Gasteiger partial charge in [0, 0.05) is 13.1 Å². The van der Waals surface area contributed by atoms with E-state index in [9.17, 15) is 8.42 Å². The standard InChI is InChI=1S/C17H20Cl2N2O2S/c1-3-21(2)12-14-7-4-6-13(10-14)11-20-24(22,23)17-15(18)8-5-9-16(17)19/h4-10,20H,3,11-12H2,1-2H3. The molecule has 7 heteroatoms. The van der Waals surface area contributed by atoms with Crippen molar-refractivity contribution in [3.8, 4) is 0 Å². The maximum atomic E-state index is 12.5. The Morgan fingerprint density at radius 2 is 1.62 bits per heavy atom. The van der Waals surface area contributed by atoms with Crippen LogP contribution in [0.5, 0.6) is 0 Å². The normalized spacial score (nSPS) is 11.9. The number of sulfonamides is 1. The van der Waals surface area contributed by atoms with Crippen molar-refractivity contribution >= 4 is 33.2 Å². The second-order valence-electron chi connectivity index (χ2n) is 5.53. The van der Waals surface area contributed by atoms with E-state index < -0.39 is 10.0 Å². The molecule has 0 saturated carbocycles. The molecule has 2 aromatic rings. The van der Waals surface area contributed by atoms with Crippen LogP contribution in [0.15, 0.2) is 47.4 Å². The van der Waals surface area contributed by atoms with Gasteiger partial charge in [0.05, 0.1) is 10.0 Å². The molecule has 0 heterocycles. The van der Waals surface area contributed by atoms with Crippen LogP contribution in [0.1, 0.15) is 18.1 Å². The van der Waals surface area contributed by atoms with Crippen molar-refractivity contribution in [2.75, 3.05) is 13.6 Å². The topological polar surface area (TPSA) is 49.4 Å². The van der Waals surface area contributed by atoms with Crippen LogP contribution in [0.3, 0.4) is 0 Å². The predicted molar refractivity (Wildman–Crippen MR) is 98.9 cm³/mol. The van der Waals surface area contributed by atoms with E-state index in [-0.39, 0.29) is 21.5 Å². The summed E-state index contributed by atoms with van der Waals surface area (Å²) in [5, 5.41) is 0.210. The Morgan fingerprint density at radius 3 is 2.25 bits per heavy atom. The van der Waals surface area contributed by atoms with Crippen LogP contribution in [0, 0.1) is 0 Å². The second-order valence-corrected chi connectivity index (χ2v) is 8.04. The van der Waals surface area contributed by atoms with Crippen molar-refractivity contribution in [3.05, 3.63) is 63.6 Å². The van der Waals surface area contributed by atoms with E-state index in [0.29, 0.717) is 0 Å². The van der Waals surface area contributed by atoms with Crippen molar-refractivity contribution in [3.63, 3.8) is 0 Å². The van der Waals surface area contributed by atoms with Crippen molar-refractivity contribution in [2.24, 2.45) is 0 Å². The lowest BCUT2D eigenvalue weighted by Gasteiger charge is -2.15. The zero-order valence-corrected chi connectivity index (χ0v) is 15.9. The van der Waals surface area contributed by atoms with Crippen LogP contribution in [0.4, 0.5) is 0 Å². The maximum Gasteiger partial charge on any atom is 0.243 e. The summed E-state index contributed by atoms with van der Waals surface area (Å²) < 4.78 is 27.5. The van der Waals surface area contributed by atoms with E-state index in [4.69, 9.17) is 23.2 Å². The number of halogens is 2. The summed E-state index contributed by atoms with van der Waals surface area (Å²) in [7, 11) is -1.75. The molecule has 24 heavy (non-hydrogen) atoms. The molecule has 0 aromatic heterocycles. The minimum Gasteiger partial charge on any atom is -0.302 e. The fraction of sp³-hybridized carbons (Fsp3) is 0.294. The Labute approximate surface area is 153 Å². The Bertz CT molecular complexity index is 790. The van der Waals surface area contributed by atoms with Gasteiger partial charge in [-0.2, -0.15) is 0 Å². The molecule has 0 unspecified atom stereocenters. The third-order valence-corrected chi connectivity index (χ3v) is 5.99. The number of nitrogens with zero attached hydrogens (tertiary/aromatic N) is 1. The zero-order chi connectivity index (χ0) is 17.7. The molecule has 4 nitrogen and oxygen atoms in total. The molecule has 0 radical (unpaired) electrons. The number of hydrogen-bond acceptors (Lipinski definition) is 3. The van der Waals surface area contributed by atoms with E-state index in [1.54, 1.807) is 6.07 Å². The van der Waals surface area contributed by atoms with Gasteiger partial charge < -0.3 is 4.90 Å². The molecule has 0 aliphatic heterocycles. The molecule has 130 valence electrons. The first kappa shape index (κ1) is 19.2. The van der Waals surface area contributed by atoms with Gasteiger partial charge in [0.15, 0.2) is 0 Å². The Kier molecular flexibility index (Phi) is 6.66. The van der Waals surface area contributed by atoms with Crippen molar-refractivity contribution < 1.29 is 8.42 Å². The van der Waals surface area contributed by atoms with Crippen LogP contribution in [-0.2, 0) is 23.1 Å². The molecule has 0 aliphatic carbocycles. The molecule has 0 amide bonds. The van der Waals surface area contributed by atoms with Gasteiger partial charge in [-0.1, -0.05) is 60.5 Å². The molecule has 2 aromatic carbocycles. The van der Waals surface area contributed by atoms with Crippen LogP contribution in [0.2, 0.25) is 10.0 Å². The van der Waals surface area contributed by atoms with Crippen LogP contribution in [0.25, 0.3) is 0 Å². The van der Waals surface area contributed by atoms with Gasteiger partial charge in [0.2, 0.25) is 10.0 Å². The minimum absolute atomic E-state index is 0.0878. The summed E-state index contributed by atoms with van der Waals surface area (Å²) >= 11 is 12.0. The van der Waals surface area contributed by atoms with E-state index in [2.05, 4.69) is 16.5 Å². The number of nitrogens with one attached hydrogen (secondary N) is 1. The van der Waals surface area contributed by atoms with Gasteiger partial charge in [-0.15, -0.1) is 0 Å². The number of benzene rings is 2. The average molecular weight is 387 g/mol. The summed E-state index contributed by atoms with van der Waals surface area (Å²) in [6, 6.07) is 12.4. The third kappa shape index (κ3) is 4.94. The number of hydrogen-bond donors (Lipinski definition) is 1. The van der Waals surface area contributed by atoms with E-state index in [1.165, 1.54) is 12.1 Å². The predicted octanol–water partition coefficient (Wildman–Crippen LogP) is 3.92. The van der Waals surface area contributed by atoms with Crippen LogP contribution >= 0.6 is 23.2 Å². The molecule has 2 rings (SSSR count). The van der Waals surface area contributed by atoms with Gasteiger partial charge in [0.25, 0.3) is 0 Å². The largest absolute Gasteiger partial charge is 0.302 e. The molecule has 0 aliphatic rings. The summed E-state index contributed by atoms with van der Waals surface area (Å²) in [6.45, 7) is 4.02. The monoisotopic (exact) mass is 386 g/mol.